The van der Waals surface area contributed by atoms with Gasteiger partial charge in [-0.3, -0.25) is 9.59 Å². The molecule has 1 fully saturated rings. The Bertz CT molecular complexity index is 777. The largest absolute Gasteiger partial charge is 0.352 e. The Balaban J connectivity index is 1.62. The van der Waals surface area contributed by atoms with Gasteiger partial charge in [0.05, 0.1) is 5.41 Å². The van der Waals surface area contributed by atoms with Crippen LogP contribution in [0.25, 0.3) is 0 Å². The molecule has 0 spiro atoms. The molecule has 4 rings (SSSR count). The van der Waals surface area contributed by atoms with E-state index in [1.807, 2.05) is 23.6 Å². The number of anilines is 1. The molecule has 0 atom stereocenters. The van der Waals surface area contributed by atoms with Gasteiger partial charge in [-0.05, 0) is 48.4 Å². The Morgan fingerprint density at radius 2 is 2.04 bits per heavy atom. The summed E-state index contributed by atoms with van der Waals surface area (Å²) in [5.74, 6) is -0.000182. The molecule has 0 bridgehead atoms. The van der Waals surface area contributed by atoms with Crippen LogP contribution >= 0.6 is 11.3 Å². The van der Waals surface area contributed by atoms with Gasteiger partial charge < -0.3 is 10.6 Å². The topological polar surface area (TPSA) is 58.2 Å². The fourth-order valence-electron chi connectivity index (χ4n) is 3.86. The Labute approximate surface area is 145 Å². The number of rotatable bonds is 3. The molecule has 2 amide bonds. The summed E-state index contributed by atoms with van der Waals surface area (Å²) in [5.41, 5.74) is 2.02. The first kappa shape index (κ1) is 15.4. The summed E-state index contributed by atoms with van der Waals surface area (Å²) in [6.07, 6.45) is 4.79. The first-order valence-electron chi connectivity index (χ1n) is 8.46. The van der Waals surface area contributed by atoms with Crippen molar-refractivity contribution in [2.45, 2.75) is 37.5 Å². The van der Waals surface area contributed by atoms with Crippen molar-refractivity contribution in [3.63, 3.8) is 0 Å². The van der Waals surface area contributed by atoms with Crippen LogP contribution in [0.4, 0.5) is 5.69 Å². The SMILES string of the molecule is O=C1NCCc2ccc(NC(=O)C3(c4cccs4)CCCC3)cc21. The number of benzene rings is 1. The van der Waals surface area contributed by atoms with Crippen LogP contribution in [0.2, 0.25) is 0 Å². The summed E-state index contributed by atoms with van der Waals surface area (Å²) in [6.45, 7) is 0.680. The predicted octanol–water partition coefficient (Wildman–Crippen LogP) is 3.48. The lowest BCUT2D eigenvalue weighted by molar-refractivity contribution is -0.121. The van der Waals surface area contributed by atoms with Gasteiger partial charge >= 0.3 is 0 Å². The maximum atomic E-state index is 13.1. The molecule has 2 heterocycles. The van der Waals surface area contributed by atoms with Crippen molar-refractivity contribution in [3.8, 4) is 0 Å². The van der Waals surface area contributed by atoms with E-state index in [4.69, 9.17) is 0 Å². The van der Waals surface area contributed by atoms with Crippen molar-refractivity contribution >= 4 is 28.8 Å². The molecule has 1 aliphatic carbocycles. The Kier molecular flexibility index (Phi) is 3.88. The first-order valence-corrected chi connectivity index (χ1v) is 9.34. The van der Waals surface area contributed by atoms with Gasteiger partial charge in [-0.2, -0.15) is 0 Å². The average molecular weight is 340 g/mol. The molecule has 124 valence electrons. The molecule has 2 aromatic rings. The summed E-state index contributed by atoms with van der Waals surface area (Å²) in [7, 11) is 0. The standard InChI is InChI=1S/C19H20N2O2S/c22-17-15-12-14(6-5-13(15)7-10-20-17)21-18(23)19(8-1-2-9-19)16-4-3-11-24-16/h3-6,11-12H,1-2,7-10H2,(H,20,22)(H,21,23). The molecule has 2 aliphatic rings. The monoisotopic (exact) mass is 340 g/mol. The van der Waals surface area contributed by atoms with E-state index in [2.05, 4.69) is 16.7 Å². The maximum absolute atomic E-state index is 13.1. The van der Waals surface area contributed by atoms with Gasteiger partial charge in [0.2, 0.25) is 5.91 Å². The van der Waals surface area contributed by atoms with E-state index < -0.39 is 5.41 Å². The number of fused-ring (bicyclic) bond motifs is 1. The Morgan fingerprint density at radius 1 is 1.21 bits per heavy atom. The third-order valence-corrected chi connectivity index (χ3v) is 6.25. The highest BCUT2D eigenvalue weighted by molar-refractivity contribution is 7.10. The summed E-state index contributed by atoms with van der Waals surface area (Å²) in [4.78, 5) is 26.2. The van der Waals surface area contributed by atoms with Crippen LogP contribution in [0.15, 0.2) is 35.7 Å². The summed E-state index contributed by atoms with van der Waals surface area (Å²) in [6, 6.07) is 9.74. The van der Waals surface area contributed by atoms with E-state index in [9.17, 15) is 9.59 Å². The molecule has 1 saturated carbocycles. The third kappa shape index (κ3) is 2.53. The maximum Gasteiger partial charge on any atom is 0.251 e. The zero-order valence-corrected chi connectivity index (χ0v) is 14.2. The summed E-state index contributed by atoms with van der Waals surface area (Å²) < 4.78 is 0. The van der Waals surface area contributed by atoms with Gasteiger partial charge in [-0.25, -0.2) is 0 Å². The van der Waals surface area contributed by atoms with Crippen LogP contribution in [0.3, 0.4) is 0 Å². The average Bonchev–Trinajstić information content (AvgIpc) is 3.28. The van der Waals surface area contributed by atoms with E-state index in [1.165, 1.54) is 0 Å². The van der Waals surface area contributed by atoms with Gasteiger partial charge in [0, 0.05) is 22.7 Å². The second-order valence-corrected chi connectivity index (χ2v) is 7.55. The molecule has 1 aromatic heterocycles. The highest BCUT2D eigenvalue weighted by Crippen LogP contribution is 2.44. The zero-order valence-electron chi connectivity index (χ0n) is 13.4. The molecule has 1 aromatic carbocycles. The number of thiophene rings is 1. The minimum Gasteiger partial charge on any atom is -0.352 e. The van der Waals surface area contributed by atoms with Crippen molar-refractivity contribution in [1.29, 1.82) is 0 Å². The number of carbonyl (C=O) groups is 2. The molecule has 1 aliphatic heterocycles. The number of nitrogens with one attached hydrogen (secondary N) is 2. The number of hydrogen-bond donors (Lipinski definition) is 2. The molecule has 0 radical (unpaired) electrons. The van der Waals surface area contributed by atoms with Crippen LogP contribution in [0.1, 0.15) is 46.5 Å². The minimum absolute atomic E-state index is 0.0543. The van der Waals surface area contributed by atoms with Crippen LogP contribution in [0.5, 0.6) is 0 Å². The second-order valence-electron chi connectivity index (χ2n) is 6.60. The van der Waals surface area contributed by atoms with E-state index in [0.29, 0.717) is 17.8 Å². The smallest absolute Gasteiger partial charge is 0.251 e. The highest BCUT2D eigenvalue weighted by atomic mass is 32.1. The van der Waals surface area contributed by atoms with Crippen molar-refractivity contribution in [2.75, 3.05) is 11.9 Å². The van der Waals surface area contributed by atoms with Crippen molar-refractivity contribution in [1.82, 2.24) is 5.32 Å². The van der Waals surface area contributed by atoms with E-state index in [0.717, 1.165) is 42.5 Å². The predicted molar refractivity (Wildman–Crippen MR) is 95.6 cm³/mol. The first-order chi connectivity index (χ1) is 11.7. The Hall–Kier alpha value is -2.14. The lowest BCUT2D eigenvalue weighted by atomic mass is 9.83. The molecule has 0 saturated heterocycles. The fraction of sp³-hybridized carbons (Fsp3) is 0.368. The molecule has 0 unspecified atom stereocenters. The Morgan fingerprint density at radius 3 is 2.79 bits per heavy atom. The normalized spacial score (nSPS) is 18.8. The molecule has 24 heavy (non-hydrogen) atoms. The third-order valence-electron chi connectivity index (χ3n) is 5.18. The molecular weight excluding hydrogens is 320 g/mol. The second kappa shape index (κ2) is 6.06. The zero-order chi connectivity index (χ0) is 16.6. The number of hydrogen-bond acceptors (Lipinski definition) is 3. The van der Waals surface area contributed by atoms with E-state index in [-0.39, 0.29) is 11.8 Å². The molecular formula is C19H20N2O2S. The lowest BCUT2D eigenvalue weighted by Gasteiger charge is -2.27. The van der Waals surface area contributed by atoms with E-state index >= 15 is 0 Å². The van der Waals surface area contributed by atoms with Crippen LogP contribution in [-0.4, -0.2) is 18.4 Å². The van der Waals surface area contributed by atoms with Gasteiger partial charge in [0.25, 0.3) is 5.91 Å². The van der Waals surface area contributed by atoms with Crippen LogP contribution in [0, 0.1) is 0 Å². The highest BCUT2D eigenvalue weighted by Gasteiger charge is 2.43. The van der Waals surface area contributed by atoms with Crippen molar-refractivity contribution in [2.24, 2.45) is 0 Å². The van der Waals surface area contributed by atoms with Gasteiger partial charge in [0.1, 0.15) is 0 Å². The van der Waals surface area contributed by atoms with Gasteiger partial charge in [0.15, 0.2) is 0 Å². The number of carbonyl (C=O) groups excluding carboxylic acids is 2. The number of amides is 2. The molecule has 2 N–H and O–H groups in total. The summed E-state index contributed by atoms with van der Waals surface area (Å²) in [5, 5.41) is 7.96. The van der Waals surface area contributed by atoms with Crippen molar-refractivity contribution < 1.29 is 9.59 Å². The summed E-state index contributed by atoms with van der Waals surface area (Å²) >= 11 is 1.66. The molecule has 4 nitrogen and oxygen atoms in total. The van der Waals surface area contributed by atoms with E-state index in [1.54, 1.807) is 17.4 Å². The quantitative estimate of drug-likeness (QED) is 0.899. The molecule has 5 heteroatoms. The lowest BCUT2D eigenvalue weighted by Crippen LogP contribution is -2.37. The van der Waals surface area contributed by atoms with Crippen LogP contribution in [-0.2, 0) is 16.6 Å². The minimum atomic E-state index is -0.410. The fourth-order valence-corrected chi connectivity index (χ4v) is 4.84. The van der Waals surface area contributed by atoms with Gasteiger partial charge in [-0.15, -0.1) is 11.3 Å². The van der Waals surface area contributed by atoms with Gasteiger partial charge in [-0.1, -0.05) is 25.0 Å². The van der Waals surface area contributed by atoms with Crippen molar-refractivity contribution in [3.05, 3.63) is 51.7 Å². The van der Waals surface area contributed by atoms with Crippen LogP contribution < -0.4 is 10.6 Å².